The summed E-state index contributed by atoms with van der Waals surface area (Å²) in [5.74, 6) is -0.00774. The Balaban J connectivity index is 1.78. The number of aliphatic hydroxyl groups is 1. The second-order valence-corrected chi connectivity index (χ2v) is 8.27. The van der Waals surface area contributed by atoms with Gasteiger partial charge in [-0.05, 0) is 51.1 Å². The zero-order valence-corrected chi connectivity index (χ0v) is 18.9. The van der Waals surface area contributed by atoms with Crippen LogP contribution in [0.3, 0.4) is 0 Å². The molecule has 0 saturated heterocycles. The highest BCUT2D eigenvalue weighted by Gasteiger charge is 2.14. The molecule has 0 aliphatic heterocycles. The molecule has 31 heavy (non-hydrogen) atoms. The molecule has 0 spiro atoms. The fraction of sp³-hybridized carbons (Fsp3) is 0.370. The molecule has 1 N–H and O–H groups in total. The van der Waals surface area contributed by atoms with E-state index in [1.807, 2.05) is 55.6 Å². The maximum atomic E-state index is 12.6. The van der Waals surface area contributed by atoms with E-state index < -0.39 is 6.10 Å². The molecule has 2 aromatic carbocycles. The van der Waals surface area contributed by atoms with Crippen molar-refractivity contribution in [3.05, 3.63) is 77.5 Å². The number of rotatable bonds is 11. The lowest BCUT2D eigenvalue weighted by atomic mass is 10.1. The maximum absolute atomic E-state index is 12.6. The Hall–Kier alpha value is -2.69. The molecule has 3 rings (SSSR count). The van der Waals surface area contributed by atoms with Gasteiger partial charge >= 0.3 is 0 Å². The van der Waals surface area contributed by atoms with Crippen LogP contribution in [0.25, 0.3) is 17.0 Å². The quantitative estimate of drug-likeness (QED) is 0.338. The van der Waals surface area contributed by atoms with Crippen LogP contribution in [-0.2, 0) is 6.54 Å². The lowest BCUT2D eigenvalue weighted by Crippen LogP contribution is -2.35. The zero-order chi connectivity index (χ0) is 22.2. The zero-order valence-electron chi connectivity index (χ0n) is 18.9. The molecule has 3 aromatic rings. The fourth-order valence-corrected chi connectivity index (χ4v) is 4.05. The van der Waals surface area contributed by atoms with Crippen LogP contribution in [-0.4, -0.2) is 46.1 Å². The number of carbonyl (C=O) groups is 1. The average molecular weight is 419 g/mol. The number of aryl methyl sites for hydroxylation is 1. The van der Waals surface area contributed by atoms with Gasteiger partial charge in [-0.2, -0.15) is 0 Å². The molecule has 164 valence electrons. The SMILES string of the molecule is CCCN(CCC)C[C@@H](O)Cn1cc(/C=C/C(=O)c2ccc(C)cc2)c2ccccc21. The van der Waals surface area contributed by atoms with Crippen molar-refractivity contribution in [3.63, 3.8) is 0 Å². The van der Waals surface area contributed by atoms with Crippen molar-refractivity contribution in [2.75, 3.05) is 19.6 Å². The van der Waals surface area contributed by atoms with Crippen molar-refractivity contribution in [1.82, 2.24) is 9.47 Å². The predicted molar refractivity (Wildman–Crippen MR) is 130 cm³/mol. The van der Waals surface area contributed by atoms with E-state index in [9.17, 15) is 9.90 Å². The summed E-state index contributed by atoms with van der Waals surface area (Å²) in [5.41, 5.74) is 3.88. The summed E-state index contributed by atoms with van der Waals surface area (Å²) >= 11 is 0. The molecule has 4 heteroatoms. The van der Waals surface area contributed by atoms with Gasteiger partial charge in [0.1, 0.15) is 0 Å². The summed E-state index contributed by atoms with van der Waals surface area (Å²) in [4.78, 5) is 14.9. The molecule has 0 radical (unpaired) electrons. The highest BCUT2D eigenvalue weighted by atomic mass is 16.3. The lowest BCUT2D eigenvalue weighted by Gasteiger charge is -2.24. The smallest absolute Gasteiger partial charge is 0.185 e. The van der Waals surface area contributed by atoms with Gasteiger partial charge in [0.15, 0.2) is 5.78 Å². The van der Waals surface area contributed by atoms with Gasteiger partial charge in [0.25, 0.3) is 0 Å². The number of fused-ring (bicyclic) bond motifs is 1. The number of allylic oxidation sites excluding steroid dienone is 1. The molecule has 0 aliphatic carbocycles. The third-order valence-corrected chi connectivity index (χ3v) is 5.53. The molecule has 0 saturated carbocycles. The molecule has 0 unspecified atom stereocenters. The van der Waals surface area contributed by atoms with Gasteiger partial charge in [0.05, 0.1) is 6.10 Å². The van der Waals surface area contributed by atoms with Crippen molar-refractivity contribution in [1.29, 1.82) is 0 Å². The molecule has 0 amide bonds. The third kappa shape index (κ3) is 6.16. The Kier molecular flexibility index (Phi) is 8.21. The van der Waals surface area contributed by atoms with E-state index in [2.05, 4.69) is 35.4 Å². The first-order valence-corrected chi connectivity index (χ1v) is 11.3. The summed E-state index contributed by atoms with van der Waals surface area (Å²) in [5, 5.41) is 11.8. The van der Waals surface area contributed by atoms with Crippen LogP contribution in [0.15, 0.2) is 60.8 Å². The Morgan fingerprint density at radius 1 is 1.06 bits per heavy atom. The first kappa shape index (κ1) is 23.0. The van der Waals surface area contributed by atoms with Gasteiger partial charge in [0.2, 0.25) is 0 Å². The molecule has 0 aliphatic rings. The number of hydrogen-bond donors (Lipinski definition) is 1. The minimum atomic E-state index is -0.445. The van der Waals surface area contributed by atoms with Crippen LogP contribution < -0.4 is 0 Å². The largest absolute Gasteiger partial charge is 0.390 e. The normalized spacial score (nSPS) is 12.8. The Morgan fingerprint density at radius 3 is 2.42 bits per heavy atom. The molecule has 1 aromatic heterocycles. The van der Waals surface area contributed by atoms with Gasteiger partial charge < -0.3 is 14.6 Å². The van der Waals surface area contributed by atoms with Gasteiger partial charge in [0, 0.05) is 41.3 Å². The predicted octanol–water partition coefficient (Wildman–Crippen LogP) is 5.33. The van der Waals surface area contributed by atoms with Crippen molar-refractivity contribution in [3.8, 4) is 0 Å². The molecule has 1 heterocycles. The number of carbonyl (C=O) groups excluding carboxylic acids is 1. The molecule has 4 nitrogen and oxygen atoms in total. The van der Waals surface area contributed by atoms with Crippen LogP contribution >= 0.6 is 0 Å². The average Bonchev–Trinajstić information content (AvgIpc) is 3.10. The summed E-state index contributed by atoms with van der Waals surface area (Å²) < 4.78 is 2.10. The maximum Gasteiger partial charge on any atom is 0.185 e. The van der Waals surface area contributed by atoms with Gasteiger partial charge in [-0.1, -0.05) is 61.9 Å². The first-order valence-electron chi connectivity index (χ1n) is 11.3. The van der Waals surface area contributed by atoms with Crippen LogP contribution in [0.5, 0.6) is 0 Å². The van der Waals surface area contributed by atoms with Crippen LogP contribution in [0.4, 0.5) is 0 Å². The lowest BCUT2D eigenvalue weighted by molar-refractivity contribution is 0.0988. The number of ketones is 1. The highest BCUT2D eigenvalue weighted by molar-refractivity contribution is 6.07. The number of aromatic nitrogens is 1. The molecule has 0 bridgehead atoms. The summed E-state index contributed by atoms with van der Waals surface area (Å²) in [6.45, 7) is 9.57. The topological polar surface area (TPSA) is 45.5 Å². The second-order valence-electron chi connectivity index (χ2n) is 8.27. The molecule has 0 fully saturated rings. The van der Waals surface area contributed by atoms with E-state index in [0.717, 1.165) is 48.0 Å². The fourth-order valence-electron chi connectivity index (χ4n) is 4.05. The van der Waals surface area contributed by atoms with E-state index in [4.69, 9.17) is 0 Å². The monoisotopic (exact) mass is 418 g/mol. The van der Waals surface area contributed by atoms with Gasteiger partial charge in [-0.15, -0.1) is 0 Å². The molecular formula is C27H34N2O2. The number of para-hydroxylation sites is 1. The second kappa shape index (κ2) is 11.1. The summed E-state index contributed by atoms with van der Waals surface area (Å²) in [6, 6.07) is 15.8. The van der Waals surface area contributed by atoms with Crippen LogP contribution in [0.2, 0.25) is 0 Å². The standard InChI is InChI=1S/C27H34N2O2/c1-4-16-28(17-5-2)19-24(30)20-29-18-23(25-8-6-7-9-26(25)29)14-15-27(31)22-12-10-21(3)11-13-22/h6-15,18,24,30H,4-5,16-17,19-20H2,1-3H3/b15-14+/t24-/m1/s1. The minimum absolute atomic E-state index is 0.00774. The van der Waals surface area contributed by atoms with Crippen molar-refractivity contribution < 1.29 is 9.90 Å². The van der Waals surface area contributed by atoms with Crippen molar-refractivity contribution in [2.24, 2.45) is 0 Å². The van der Waals surface area contributed by atoms with E-state index in [-0.39, 0.29) is 5.78 Å². The van der Waals surface area contributed by atoms with E-state index in [1.165, 1.54) is 0 Å². The summed E-state index contributed by atoms with van der Waals surface area (Å²) in [7, 11) is 0. The van der Waals surface area contributed by atoms with E-state index in [1.54, 1.807) is 6.08 Å². The van der Waals surface area contributed by atoms with Crippen molar-refractivity contribution >= 4 is 22.8 Å². The third-order valence-electron chi connectivity index (χ3n) is 5.53. The Bertz CT molecular complexity index is 1010. The molecule has 1 atom stereocenters. The van der Waals surface area contributed by atoms with Gasteiger partial charge in [-0.25, -0.2) is 0 Å². The van der Waals surface area contributed by atoms with E-state index >= 15 is 0 Å². The van der Waals surface area contributed by atoms with E-state index in [0.29, 0.717) is 18.7 Å². The van der Waals surface area contributed by atoms with Crippen LogP contribution in [0, 0.1) is 6.92 Å². The first-order chi connectivity index (χ1) is 15.0. The summed E-state index contributed by atoms with van der Waals surface area (Å²) in [6.07, 6.45) is 7.29. The Labute approximate surface area is 185 Å². The Morgan fingerprint density at radius 2 is 1.74 bits per heavy atom. The molecular weight excluding hydrogens is 384 g/mol. The highest BCUT2D eigenvalue weighted by Crippen LogP contribution is 2.23. The minimum Gasteiger partial charge on any atom is -0.390 e. The van der Waals surface area contributed by atoms with Crippen LogP contribution in [0.1, 0.15) is 48.2 Å². The number of nitrogens with zero attached hydrogens (tertiary/aromatic N) is 2. The number of hydrogen-bond acceptors (Lipinski definition) is 3. The number of aliphatic hydroxyl groups excluding tert-OH is 1. The number of benzene rings is 2. The van der Waals surface area contributed by atoms with Crippen molar-refractivity contribution in [2.45, 2.75) is 46.3 Å². The van der Waals surface area contributed by atoms with Gasteiger partial charge in [-0.3, -0.25) is 4.79 Å².